The molecule has 2 aliphatic rings. The van der Waals surface area contributed by atoms with E-state index in [4.69, 9.17) is 4.98 Å². The number of nitrogens with zero attached hydrogens (tertiary/aromatic N) is 4. The van der Waals surface area contributed by atoms with E-state index in [0.29, 0.717) is 5.92 Å². The Hall–Kier alpha value is -1.99. The van der Waals surface area contributed by atoms with Gasteiger partial charge in [0.2, 0.25) is 0 Å². The van der Waals surface area contributed by atoms with Gasteiger partial charge in [0, 0.05) is 48.5 Å². The SMILES string of the molecule is O=C(O)C[C@@H](c1cncnc1)N1CC(CCCCc2ccc3c(n2)CCCC3)C1.S. The molecule has 1 saturated heterocycles. The van der Waals surface area contributed by atoms with Crippen molar-refractivity contribution in [2.24, 2.45) is 5.92 Å². The average Bonchev–Trinajstić information content (AvgIpc) is 2.71. The van der Waals surface area contributed by atoms with E-state index in [1.807, 2.05) is 0 Å². The number of carbonyl (C=O) groups is 1. The van der Waals surface area contributed by atoms with Crippen molar-refractivity contribution in [3.63, 3.8) is 0 Å². The van der Waals surface area contributed by atoms with E-state index in [1.54, 1.807) is 12.4 Å². The van der Waals surface area contributed by atoms with Crippen LogP contribution < -0.4 is 0 Å². The number of likely N-dealkylation sites (tertiary alicyclic amines) is 1. The molecule has 0 saturated carbocycles. The van der Waals surface area contributed by atoms with E-state index in [1.165, 1.54) is 61.8 Å². The van der Waals surface area contributed by atoms with Crippen molar-refractivity contribution >= 4 is 19.5 Å². The summed E-state index contributed by atoms with van der Waals surface area (Å²) in [7, 11) is 0. The highest BCUT2D eigenvalue weighted by Crippen LogP contribution is 2.33. The average molecular weight is 429 g/mol. The minimum atomic E-state index is -0.778. The number of carboxylic acids is 1. The van der Waals surface area contributed by atoms with Crippen molar-refractivity contribution in [1.82, 2.24) is 19.9 Å². The minimum Gasteiger partial charge on any atom is -0.481 e. The number of hydrogen-bond acceptors (Lipinski definition) is 5. The topological polar surface area (TPSA) is 79.2 Å². The second-order valence-electron chi connectivity index (χ2n) is 8.47. The van der Waals surface area contributed by atoms with Gasteiger partial charge in [-0.25, -0.2) is 9.97 Å². The number of pyridine rings is 1. The zero-order chi connectivity index (χ0) is 20.1. The van der Waals surface area contributed by atoms with Crippen molar-refractivity contribution in [3.8, 4) is 0 Å². The van der Waals surface area contributed by atoms with Gasteiger partial charge in [0.05, 0.1) is 6.42 Å². The van der Waals surface area contributed by atoms with Gasteiger partial charge in [-0.1, -0.05) is 12.5 Å². The molecule has 2 aromatic rings. The third kappa shape index (κ3) is 5.79. The molecule has 4 rings (SSSR count). The van der Waals surface area contributed by atoms with Crippen molar-refractivity contribution in [1.29, 1.82) is 0 Å². The Morgan fingerprint density at radius 1 is 1.13 bits per heavy atom. The number of aliphatic carboxylic acids is 1. The smallest absolute Gasteiger partial charge is 0.305 e. The molecule has 162 valence electrons. The summed E-state index contributed by atoms with van der Waals surface area (Å²) < 4.78 is 0. The molecule has 3 heterocycles. The lowest BCUT2D eigenvalue weighted by Gasteiger charge is -2.44. The summed E-state index contributed by atoms with van der Waals surface area (Å²) in [6.45, 7) is 1.92. The predicted octanol–water partition coefficient (Wildman–Crippen LogP) is 3.72. The normalized spacial score (nSPS) is 17.5. The highest BCUT2D eigenvalue weighted by Gasteiger charge is 2.34. The molecule has 0 unspecified atom stereocenters. The molecule has 0 radical (unpaired) electrons. The fraction of sp³-hybridized carbons (Fsp3) is 0.565. The number of hydrogen-bond donors (Lipinski definition) is 1. The molecule has 7 heteroatoms. The van der Waals surface area contributed by atoms with E-state index in [9.17, 15) is 9.90 Å². The summed E-state index contributed by atoms with van der Waals surface area (Å²) in [4.78, 5) is 26.5. The molecule has 6 nitrogen and oxygen atoms in total. The van der Waals surface area contributed by atoms with Crippen LogP contribution in [0.1, 0.15) is 67.1 Å². The molecule has 1 fully saturated rings. The molecule has 1 atom stereocenters. The van der Waals surface area contributed by atoms with Crippen LogP contribution in [-0.2, 0) is 24.1 Å². The Labute approximate surface area is 185 Å². The number of aromatic nitrogens is 3. The molecule has 30 heavy (non-hydrogen) atoms. The second kappa shape index (κ2) is 10.9. The van der Waals surface area contributed by atoms with Crippen molar-refractivity contribution in [2.75, 3.05) is 13.1 Å². The summed E-state index contributed by atoms with van der Waals surface area (Å²) in [6, 6.07) is 4.38. The largest absolute Gasteiger partial charge is 0.481 e. The Kier molecular flexibility index (Phi) is 8.22. The van der Waals surface area contributed by atoms with Crippen LogP contribution in [0.5, 0.6) is 0 Å². The van der Waals surface area contributed by atoms with Crippen LogP contribution in [0.15, 0.2) is 30.9 Å². The van der Waals surface area contributed by atoms with Crippen molar-refractivity contribution in [2.45, 2.75) is 63.8 Å². The number of carboxylic acid groups (broad SMARTS) is 1. The van der Waals surface area contributed by atoms with Crippen LogP contribution in [0.25, 0.3) is 0 Å². The van der Waals surface area contributed by atoms with E-state index < -0.39 is 5.97 Å². The standard InChI is InChI=1S/C23H30N4O2.H2S/c28-23(29)11-22(19-12-24-16-25-13-19)27-14-17(15-27)5-1-3-7-20-10-9-18-6-2-4-8-21(18)26-20;/h9-10,12-13,16-17,22H,1-8,11,14-15H2,(H,28,29);1H2/t22-;/m0./s1. The van der Waals surface area contributed by atoms with E-state index in [0.717, 1.165) is 31.5 Å². The summed E-state index contributed by atoms with van der Waals surface area (Å²) in [6.07, 6.45) is 14.6. The molecule has 2 aromatic heterocycles. The molecule has 0 spiro atoms. The van der Waals surface area contributed by atoms with Gasteiger partial charge < -0.3 is 5.11 Å². The van der Waals surface area contributed by atoms with Gasteiger partial charge in [0.1, 0.15) is 6.33 Å². The van der Waals surface area contributed by atoms with Crippen LogP contribution in [-0.4, -0.2) is 44.0 Å². The van der Waals surface area contributed by atoms with Gasteiger partial charge in [-0.05, 0) is 62.5 Å². The molecule has 0 amide bonds. The first kappa shape index (κ1) is 22.7. The van der Waals surface area contributed by atoms with Crippen molar-refractivity contribution < 1.29 is 9.90 Å². The highest BCUT2D eigenvalue weighted by atomic mass is 32.1. The summed E-state index contributed by atoms with van der Waals surface area (Å²) >= 11 is 0. The first-order chi connectivity index (χ1) is 14.2. The maximum absolute atomic E-state index is 11.3. The van der Waals surface area contributed by atoms with Crippen LogP contribution in [0.3, 0.4) is 0 Å². The third-order valence-electron chi connectivity index (χ3n) is 6.29. The summed E-state index contributed by atoms with van der Waals surface area (Å²) in [5.74, 6) is -0.118. The van der Waals surface area contributed by atoms with Gasteiger partial charge in [0.15, 0.2) is 0 Å². The summed E-state index contributed by atoms with van der Waals surface area (Å²) in [5, 5.41) is 9.26. The Morgan fingerprint density at radius 3 is 2.67 bits per heavy atom. The maximum atomic E-state index is 11.3. The van der Waals surface area contributed by atoms with Gasteiger partial charge in [-0.15, -0.1) is 0 Å². The van der Waals surface area contributed by atoms with Gasteiger partial charge >= 0.3 is 5.97 Å². The van der Waals surface area contributed by atoms with Gasteiger partial charge in [0.25, 0.3) is 0 Å². The minimum absolute atomic E-state index is 0. The van der Waals surface area contributed by atoms with Crippen molar-refractivity contribution in [3.05, 3.63) is 53.4 Å². The molecule has 1 aliphatic carbocycles. The quantitative estimate of drug-likeness (QED) is 0.613. The number of fused-ring (bicyclic) bond motifs is 1. The van der Waals surface area contributed by atoms with Gasteiger partial charge in [-0.3, -0.25) is 14.7 Å². The molecular formula is C23H32N4O2S. The Balaban J connectivity index is 0.00000256. The fourth-order valence-corrected chi connectivity index (χ4v) is 4.66. The second-order valence-corrected chi connectivity index (χ2v) is 8.47. The molecule has 0 bridgehead atoms. The van der Waals surface area contributed by atoms with E-state index >= 15 is 0 Å². The molecule has 0 aromatic carbocycles. The van der Waals surface area contributed by atoms with Crippen LogP contribution in [0.2, 0.25) is 0 Å². The molecule has 1 N–H and O–H groups in total. The van der Waals surface area contributed by atoms with Crippen LogP contribution in [0, 0.1) is 5.92 Å². The van der Waals surface area contributed by atoms with Crippen LogP contribution >= 0.6 is 13.5 Å². The lowest BCUT2D eigenvalue weighted by molar-refractivity contribution is -0.139. The van der Waals surface area contributed by atoms with E-state index in [-0.39, 0.29) is 26.0 Å². The zero-order valence-electron chi connectivity index (χ0n) is 17.5. The maximum Gasteiger partial charge on any atom is 0.305 e. The third-order valence-corrected chi connectivity index (χ3v) is 6.29. The fourth-order valence-electron chi connectivity index (χ4n) is 4.66. The number of aryl methyl sites for hydroxylation is 3. The first-order valence-corrected chi connectivity index (χ1v) is 10.9. The van der Waals surface area contributed by atoms with Gasteiger partial charge in [-0.2, -0.15) is 13.5 Å². The highest BCUT2D eigenvalue weighted by molar-refractivity contribution is 7.59. The zero-order valence-corrected chi connectivity index (χ0v) is 18.5. The van der Waals surface area contributed by atoms with Crippen LogP contribution in [0.4, 0.5) is 0 Å². The van der Waals surface area contributed by atoms with E-state index in [2.05, 4.69) is 27.0 Å². The number of unbranched alkanes of at least 4 members (excludes halogenated alkanes) is 1. The predicted molar refractivity (Wildman–Crippen MR) is 121 cm³/mol. The Bertz CT molecular complexity index is 827. The summed E-state index contributed by atoms with van der Waals surface area (Å²) in [5.41, 5.74) is 4.92. The lowest BCUT2D eigenvalue weighted by atomic mass is 9.89. The Morgan fingerprint density at radius 2 is 1.90 bits per heavy atom. The monoisotopic (exact) mass is 428 g/mol. The number of rotatable bonds is 9. The molecular weight excluding hydrogens is 396 g/mol. The lowest BCUT2D eigenvalue weighted by Crippen LogP contribution is -2.48. The molecule has 1 aliphatic heterocycles. The first-order valence-electron chi connectivity index (χ1n) is 10.9.